The molecule has 1 N–H and O–H groups in total. The molecule has 1 aromatic rings. The Morgan fingerprint density at radius 1 is 1.33 bits per heavy atom. The van der Waals surface area contributed by atoms with E-state index in [-0.39, 0.29) is 12.8 Å². The third kappa shape index (κ3) is 3.58. The van der Waals surface area contributed by atoms with Gasteiger partial charge in [0.05, 0.1) is 0 Å². The predicted molar refractivity (Wildman–Crippen MR) is 59.8 cm³/mol. The number of carbonyl (C=O) groups excluding carboxylic acids is 1. The minimum Gasteiger partial charge on any atom is -0.411 e. The topological polar surface area (TPSA) is 49.7 Å². The molecule has 0 aliphatic rings. The van der Waals surface area contributed by atoms with Crippen LogP contribution in [-0.2, 0) is 11.2 Å². The largest absolute Gasteiger partial charge is 0.456 e. The molecule has 0 aliphatic heterocycles. The molecular weight excluding hydrogens is 247 g/mol. The van der Waals surface area contributed by atoms with Crippen LogP contribution in [0.3, 0.4) is 0 Å². The first-order valence-corrected chi connectivity index (χ1v) is 5.23. The molecule has 0 saturated heterocycles. The molecule has 3 nitrogen and oxygen atoms in total. The number of Topliss-reactive ketones (excluding diaryl/α,β-unsaturated/α-hetero) is 1. The number of hydrogen-bond donors (Lipinski definition) is 1. The fraction of sp³-hybridized carbons (Fsp3) is 0.333. The Labute approximate surface area is 102 Å². The lowest BCUT2D eigenvalue weighted by Gasteiger charge is -2.08. The Bertz CT molecular complexity index is 467. The number of alkyl halides is 3. The number of halogens is 3. The van der Waals surface area contributed by atoms with E-state index in [0.717, 1.165) is 11.1 Å². The Morgan fingerprint density at radius 2 is 1.94 bits per heavy atom. The van der Waals surface area contributed by atoms with Crippen molar-refractivity contribution < 1.29 is 23.2 Å². The number of carbonyl (C=O) groups is 1. The summed E-state index contributed by atoms with van der Waals surface area (Å²) in [7, 11) is 0. The summed E-state index contributed by atoms with van der Waals surface area (Å²) in [4.78, 5) is 10.9. The summed E-state index contributed by atoms with van der Waals surface area (Å²) in [5.41, 5.74) is 0.855. The van der Waals surface area contributed by atoms with E-state index in [2.05, 4.69) is 5.16 Å². The summed E-state index contributed by atoms with van der Waals surface area (Å²) < 4.78 is 36.4. The third-order valence-corrected chi connectivity index (χ3v) is 2.53. The summed E-state index contributed by atoms with van der Waals surface area (Å²) in [6.07, 6.45) is -5.04. The Hall–Kier alpha value is -1.85. The molecule has 0 saturated carbocycles. The van der Waals surface area contributed by atoms with Crippen LogP contribution in [0.1, 0.15) is 17.5 Å². The van der Waals surface area contributed by atoms with E-state index in [4.69, 9.17) is 5.21 Å². The van der Waals surface area contributed by atoms with E-state index >= 15 is 0 Å². The van der Waals surface area contributed by atoms with Crippen molar-refractivity contribution in [2.75, 3.05) is 0 Å². The molecule has 0 unspecified atom stereocenters. The van der Waals surface area contributed by atoms with Crippen molar-refractivity contribution in [1.29, 1.82) is 0 Å². The molecule has 0 aromatic heterocycles. The molecule has 0 atom stereocenters. The van der Waals surface area contributed by atoms with Crippen LogP contribution >= 0.6 is 0 Å². The minimum absolute atomic E-state index is 0.216. The summed E-state index contributed by atoms with van der Waals surface area (Å²) in [6.45, 7) is 1.82. The zero-order valence-electron chi connectivity index (χ0n) is 9.66. The summed E-state index contributed by atoms with van der Waals surface area (Å²) in [6, 6.07) is 7.13. The van der Waals surface area contributed by atoms with Gasteiger partial charge in [0.1, 0.15) is 5.71 Å². The maximum absolute atomic E-state index is 12.1. The van der Waals surface area contributed by atoms with Crippen LogP contribution in [0, 0.1) is 6.92 Å². The van der Waals surface area contributed by atoms with Crippen LogP contribution in [-0.4, -0.2) is 22.9 Å². The van der Waals surface area contributed by atoms with Gasteiger partial charge in [-0.05, 0) is 24.5 Å². The van der Waals surface area contributed by atoms with Gasteiger partial charge in [-0.2, -0.15) is 13.2 Å². The molecule has 98 valence electrons. The number of oxime groups is 1. The van der Waals surface area contributed by atoms with Crippen molar-refractivity contribution in [2.24, 2.45) is 5.16 Å². The second kappa shape index (κ2) is 5.66. The number of ketones is 1. The van der Waals surface area contributed by atoms with Gasteiger partial charge in [-0.25, -0.2) is 0 Å². The van der Waals surface area contributed by atoms with Crippen LogP contribution in [0.4, 0.5) is 13.2 Å². The van der Waals surface area contributed by atoms with E-state index in [1.165, 1.54) is 0 Å². The van der Waals surface area contributed by atoms with Gasteiger partial charge < -0.3 is 5.21 Å². The number of hydrogen-bond acceptors (Lipinski definition) is 3. The molecule has 0 aliphatic carbocycles. The molecule has 6 heteroatoms. The Morgan fingerprint density at radius 3 is 2.44 bits per heavy atom. The Balaban J connectivity index is 2.73. The molecular formula is C12H12F3NO2. The minimum atomic E-state index is -5.01. The van der Waals surface area contributed by atoms with Gasteiger partial charge in [0.15, 0.2) is 0 Å². The highest BCUT2D eigenvalue weighted by atomic mass is 19.4. The zero-order valence-corrected chi connectivity index (χ0v) is 9.66. The highest BCUT2D eigenvalue weighted by molar-refractivity contribution is 6.41. The average Bonchev–Trinajstić information content (AvgIpc) is 2.30. The molecule has 18 heavy (non-hydrogen) atoms. The van der Waals surface area contributed by atoms with Crippen LogP contribution in [0.5, 0.6) is 0 Å². The van der Waals surface area contributed by atoms with E-state index in [0.29, 0.717) is 0 Å². The van der Waals surface area contributed by atoms with Gasteiger partial charge in [-0.1, -0.05) is 29.4 Å². The first kappa shape index (κ1) is 14.2. The number of aryl methyl sites for hydroxylation is 2. The standard InChI is InChI=1S/C12H12F3NO2/c1-8-4-2-3-5-9(8)6-7-10(16-18)11(17)12(13,14)15/h2-5,18H,6-7H2,1H3. The second-order valence-corrected chi connectivity index (χ2v) is 3.80. The van der Waals surface area contributed by atoms with E-state index < -0.39 is 17.7 Å². The molecule has 0 radical (unpaired) electrons. The van der Waals surface area contributed by atoms with Gasteiger partial charge in [0.25, 0.3) is 5.78 Å². The van der Waals surface area contributed by atoms with Crippen molar-refractivity contribution in [3.05, 3.63) is 35.4 Å². The SMILES string of the molecule is Cc1ccccc1CCC(=NO)C(=O)C(F)(F)F. The summed E-state index contributed by atoms with van der Waals surface area (Å²) in [5.74, 6) is -2.10. The lowest BCUT2D eigenvalue weighted by Crippen LogP contribution is -2.31. The van der Waals surface area contributed by atoms with Crippen LogP contribution in [0.25, 0.3) is 0 Å². The number of benzene rings is 1. The van der Waals surface area contributed by atoms with Crippen LogP contribution in [0.2, 0.25) is 0 Å². The van der Waals surface area contributed by atoms with Gasteiger partial charge in [-0.15, -0.1) is 0 Å². The highest BCUT2D eigenvalue weighted by Gasteiger charge is 2.41. The Kier molecular flexibility index (Phi) is 4.47. The zero-order chi connectivity index (χ0) is 13.8. The second-order valence-electron chi connectivity index (χ2n) is 3.80. The monoisotopic (exact) mass is 259 g/mol. The smallest absolute Gasteiger partial charge is 0.411 e. The molecule has 0 amide bonds. The molecule has 1 aromatic carbocycles. The summed E-state index contributed by atoms with van der Waals surface area (Å²) in [5, 5.41) is 10.9. The van der Waals surface area contributed by atoms with Crippen molar-refractivity contribution in [1.82, 2.24) is 0 Å². The maximum Gasteiger partial charge on any atom is 0.456 e. The summed E-state index contributed by atoms with van der Waals surface area (Å²) >= 11 is 0. The molecule has 0 bridgehead atoms. The van der Waals surface area contributed by atoms with E-state index in [9.17, 15) is 18.0 Å². The lowest BCUT2D eigenvalue weighted by molar-refractivity contribution is -0.163. The predicted octanol–water partition coefficient (Wildman–Crippen LogP) is 2.89. The van der Waals surface area contributed by atoms with Crippen molar-refractivity contribution >= 4 is 11.5 Å². The van der Waals surface area contributed by atoms with Gasteiger partial charge in [0.2, 0.25) is 0 Å². The quantitative estimate of drug-likeness (QED) is 0.513. The van der Waals surface area contributed by atoms with Crippen molar-refractivity contribution in [3.63, 3.8) is 0 Å². The average molecular weight is 259 g/mol. The maximum atomic E-state index is 12.1. The van der Waals surface area contributed by atoms with Crippen molar-refractivity contribution in [2.45, 2.75) is 25.9 Å². The molecule has 0 spiro atoms. The highest BCUT2D eigenvalue weighted by Crippen LogP contribution is 2.19. The normalized spacial score (nSPS) is 12.6. The first-order chi connectivity index (χ1) is 8.36. The van der Waals surface area contributed by atoms with E-state index in [1.54, 1.807) is 18.2 Å². The fourth-order valence-electron chi connectivity index (χ4n) is 1.52. The molecule has 1 rings (SSSR count). The fourth-order valence-corrected chi connectivity index (χ4v) is 1.52. The van der Waals surface area contributed by atoms with Crippen LogP contribution < -0.4 is 0 Å². The van der Waals surface area contributed by atoms with Gasteiger partial charge in [-0.3, -0.25) is 4.79 Å². The lowest BCUT2D eigenvalue weighted by atomic mass is 10.0. The molecule has 0 heterocycles. The van der Waals surface area contributed by atoms with Crippen LogP contribution in [0.15, 0.2) is 29.4 Å². The van der Waals surface area contributed by atoms with Gasteiger partial charge in [0, 0.05) is 6.42 Å². The van der Waals surface area contributed by atoms with E-state index in [1.807, 2.05) is 13.0 Å². The van der Waals surface area contributed by atoms with Crippen molar-refractivity contribution in [3.8, 4) is 0 Å². The number of nitrogens with zero attached hydrogens (tertiary/aromatic N) is 1. The first-order valence-electron chi connectivity index (χ1n) is 5.23. The number of rotatable bonds is 4. The van der Waals surface area contributed by atoms with Gasteiger partial charge >= 0.3 is 6.18 Å². The third-order valence-electron chi connectivity index (χ3n) is 2.53. The molecule has 0 fully saturated rings.